The van der Waals surface area contributed by atoms with Crippen LogP contribution in [0.3, 0.4) is 0 Å². The minimum atomic E-state index is -0.0584. The first kappa shape index (κ1) is 48.8. The lowest BCUT2D eigenvalue weighted by Crippen LogP contribution is -2.26. The molecule has 1 aliphatic heterocycles. The molecule has 0 saturated carbocycles. The molecule has 0 N–H and O–H groups in total. The zero-order chi connectivity index (χ0) is 40.5. The highest BCUT2D eigenvalue weighted by atomic mass is 16.6. The Balaban J connectivity index is 1.37. The normalized spacial score (nSPS) is 20.5. The molecule has 58 heavy (non-hydrogen) atoms. The van der Waals surface area contributed by atoms with Crippen molar-refractivity contribution in [3.05, 3.63) is 71.8 Å². The summed E-state index contributed by atoms with van der Waals surface area (Å²) in [7, 11) is 0. The van der Waals surface area contributed by atoms with Gasteiger partial charge in [0.1, 0.15) is 12.2 Å². The summed E-state index contributed by atoms with van der Waals surface area (Å²) < 4.78 is 36.6. The van der Waals surface area contributed by atoms with Gasteiger partial charge in [-0.25, -0.2) is 0 Å². The van der Waals surface area contributed by atoms with E-state index >= 15 is 0 Å². The third kappa shape index (κ3) is 29.6. The number of benzene rings is 2. The van der Waals surface area contributed by atoms with E-state index in [0.29, 0.717) is 39.6 Å². The average Bonchev–Trinajstić information content (AvgIpc) is 3.25. The van der Waals surface area contributed by atoms with Crippen molar-refractivity contribution >= 4 is 0 Å². The molecular formula is C52H72O6. The van der Waals surface area contributed by atoms with Crippen molar-refractivity contribution in [2.24, 2.45) is 0 Å². The van der Waals surface area contributed by atoms with Gasteiger partial charge in [-0.05, 0) is 86.2 Å². The number of rotatable bonds is 8. The van der Waals surface area contributed by atoms with E-state index in [2.05, 4.69) is 71.6 Å². The topological polar surface area (TPSA) is 55.4 Å². The molecule has 0 aliphatic carbocycles. The SMILES string of the molecule is C1#CCCCCCCOCC(COCc2ccccc2)OCCCCCCC#CC#CCCCCCCOC(COCc2ccccc2)COCCCCCCC#C1. The molecule has 0 spiro atoms. The summed E-state index contributed by atoms with van der Waals surface area (Å²) in [6.07, 6.45) is 21.2. The molecule has 0 radical (unpaired) electrons. The molecule has 0 saturated heterocycles. The van der Waals surface area contributed by atoms with Crippen molar-refractivity contribution in [2.45, 2.75) is 154 Å². The molecule has 6 heteroatoms. The van der Waals surface area contributed by atoms with Crippen molar-refractivity contribution in [1.82, 2.24) is 0 Å². The van der Waals surface area contributed by atoms with Gasteiger partial charge in [-0.1, -0.05) is 136 Å². The maximum absolute atomic E-state index is 6.23. The van der Waals surface area contributed by atoms with E-state index in [4.69, 9.17) is 28.4 Å². The summed E-state index contributed by atoms with van der Waals surface area (Å²) in [5.74, 6) is 25.1. The Morgan fingerprint density at radius 2 is 0.724 bits per heavy atom. The van der Waals surface area contributed by atoms with Crippen LogP contribution >= 0.6 is 0 Å². The Bertz CT molecular complexity index is 1380. The first-order valence-corrected chi connectivity index (χ1v) is 22.4. The quantitative estimate of drug-likeness (QED) is 0.248. The van der Waals surface area contributed by atoms with Gasteiger partial charge in [-0.15, -0.1) is 0 Å². The largest absolute Gasteiger partial charge is 0.379 e. The van der Waals surface area contributed by atoms with E-state index in [-0.39, 0.29) is 12.2 Å². The Morgan fingerprint density at radius 1 is 0.397 bits per heavy atom. The lowest BCUT2D eigenvalue weighted by Gasteiger charge is -2.18. The predicted molar refractivity (Wildman–Crippen MR) is 237 cm³/mol. The fourth-order valence-corrected chi connectivity index (χ4v) is 6.29. The van der Waals surface area contributed by atoms with Gasteiger partial charge in [0.15, 0.2) is 0 Å². The summed E-state index contributed by atoms with van der Waals surface area (Å²) in [5.41, 5.74) is 2.34. The summed E-state index contributed by atoms with van der Waals surface area (Å²) in [6, 6.07) is 20.6. The van der Waals surface area contributed by atoms with E-state index < -0.39 is 0 Å². The van der Waals surface area contributed by atoms with E-state index in [1.165, 1.54) is 11.1 Å². The summed E-state index contributed by atoms with van der Waals surface area (Å²) in [6.45, 7) is 6.28. The monoisotopic (exact) mass is 793 g/mol. The van der Waals surface area contributed by atoms with Gasteiger partial charge < -0.3 is 28.4 Å². The van der Waals surface area contributed by atoms with Crippen molar-refractivity contribution < 1.29 is 28.4 Å². The second-order valence-corrected chi connectivity index (χ2v) is 15.0. The van der Waals surface area contributed by atoms with Crippen LogP contribution in [0, 0.1) is 47.4 Å². The molecule has 3 rings (SSSR count). The molecule has 2 aromatic rings. The molecule has 1 aliphatic rings. The lowest BCUT2D eigenvalue weighted by atomic mass is 10.1. The Labute approximate surface area is 353 Å². The van der Waals surface area contributed by atoms with E-state index in [1.54, 1.807) is 0 Å². The van der Waals surface area contributed by atoms with Gasteiger partial charge in [0.2, 0.25) is 0 Å². The summed E-state index contributed by atoms with van der Waals surface area (Å²) >= 11 is 0. The van der Waals surface area contributed by atoms with Gasteiger partial charge in [-0.3, -0.25) is 0 Å². The molecule has 316 valence electrons. The van der Waals surface area contributed by atoms with Crippen LogP contribution < -0.4 is 0 Å². The highest BCUT2D eigenvalue weighted by Crippen LogP contribution is 2.10. The molecule has 2 aromatic carbocycles. The Kier molecular flexibility index (Phi) is 31.7. The van der Waals surface area contributed by atoms with Crippen LogP contribution in [0.15, 0.2) is 60.7 Å². The molecule has 0 bridgehead atoms. The van der Waals surface area contributed by atoms with Crippen molar-refractivity contribution in [3.8, 4) is 47.4 Å². The van der Waals surface area contributed by atoms with Crippen LogP contribution in [-0.4, -0.2) is 65.1 Å². The van der Waals surface area contributed by atoms with Gasteiger partial charge in [0.05, 0.1) is 39.6 Å². The highest BCUT2D eigenvalue weighted by molar-refractivity contribution is 5.26. The van der Waals surface area contributed by atoms with E-state index in [0.717, 1.165) is 155 Å². The molecule has 2 unspecified atom stereocenters. The van der Waals surface area contributed by atoms with Gasteiger partial charge in [0, 0.05) is 52.1 Å². The Morgan fingerprint density at radius 3 is 1.09 bits per heavy atom. The fraction of sp³-hybridized carbons (Fsp3) is 0.615. The standard InChI is InChI=1S/C52H72O6/c1-2-6-10-14-18-22-32-40-54-46-52(48-56-44-50-37-29-26-30-38-50)58-42-34-24-20-16-12-8-4-3-7-11-15-19-23-33-41-57-51(45-53-39-31-21-17-13-9-5-1)47-55-43-49-35-27-25-28-36-49/h25-30,35-38,51-52H,9-24,31-34,39-48H2. The van der Waals surface area contributed by atoms with Gasteiger partial charge in [0.25, 0.3) is 0 Å². The van der Waals surface area contributed by atoms with Crippen molar-refractivity contribution in [3.63, 3.8) is 0 Å². The number of hydrogen-bond donors (Lipinski definition) is 0. The smallest absolute Gasteiger partial charge is 0.104 e. The van der Waals surface area contributed by atoms with Crippen molar-refractivity contribution in [2.75, 3.05) is 52.9 Å². The molecule has 0 amide bonds. The Hall–Kier alpha value is -3.56. The second-order valence-electron chi connectivity index (χ2n) is 15.0. The predicted octanol–water partition coefficient (Wildman–Crippen LogP) is 11.1. The fourth-order valence-electron chi connectivity index (χ4n) is 6.29. The van der Waals surface area contributed by atoms with Gasteiger partial charge >= 0.3 is 0 Å². The molecule has 0 aromatic heterocycles. The number of ether oxygens (including phenoxy) is 6. The van der Waals surface area contributed by atoms with Crippen LogP contribution in [-0.2, 0) is 41.6 Å². The second kappa shape index (κ2) is 37.7. The third-order valence-electron chi connectivity index (χ3n) is 9.70. The van der Waals surface area contributed by atoms with Crippen LogP contribution in [0.4, 0.5) is 0 Å². The van der Waals surface area contributed by atoms with Crippen LogP contribution in [0.1, 0.15) is 140 Å². The minimum absolute atomic E-state index is 0.0584. The van der Waals surface area contributed by atoms with Crippen LogP contribution in [0.5, 0.6) is 0 Å². The third-order valence-corrected chi connectivity index (χ3v) is 9.70. The first-order chi connectivity index (χ1) is 28.9. The van der Waals surface area contributed by atoms with E-state index in [9.17, 15) is 0 Å². The zero-order valence-electron chi connectivity index (χ0n) is 35.6. The lowest BCUT2D eigenvalue weighted by molar-refractivity contribution is -0.0645. The zero-order valence-corrected chi connectivity index (χ0v) is 35.6. The molecule has 1 heterocycles. The molecule has 6 nitrogen and oxygen atoms in total. The minimum Gasteiger partial charge on any atom is -0.379 e. The average molecular weight is 793 g/mol. The molecule has 0 fully saturated rings. The first-order valence-electron chi connectivity index (χ1n) is 22.4. The summed E-state index contributed by atoms with van der Waals surface area (Å²) in [5, 5.41) is 0. The van der Waals surface area contributed by atoms with E-state index in [1.807, 2.05) is 36.4 Å². The molecular weight excluding hydrogens is 721 g/mol. The highest BCUT2D eigenvalue weighted by Gasteiger charge is 2.12. The number of hydrogen-bond acceptors (Lipinski definition) is 6. The maximum Gasteiger partial charge on any atom is 0.104 e. The molecule has 2 atom stereocenters. The van der Waals surface area contributed by atoms with Gasteiger partial charge in [-0.2, -0.15) is 0 Å². The van der Waals surface area contributed by atoms with Crippen LogP contribution in [0.2, 0.25) is 0 Å². The maximum atomic E-state index is 6.23. The van der Waals surface area contributed by atoms with Crippen LogP contribution in [0.25, 0.3) is 0 Å². The summed E-state index contributed by atoms with van der Waals surface area (Å²) in [4.78, 5) is 0. The van der Waals surface area contributed by atoms with Crippen molar-refractivity contribution in [1.29, 1.82) is 0 Å².